The highest BCUT2D eigenvalue weighted by atomic mass is 16.1. The van der Waals surface area contributed by atoms with Crippen molar-refractivity contribution >= 4 is 17.3 Å². The van der Waals surface area contributed by atoms with Crippen LogP contribution in [0.4, 0.5) is 11.5 Å². The van der Waals surface area contributed by atoms with E-state index in [2.05, 4.69) is 31.3 Å². The molecule has 1 heterocycles. The van der Waals surface area contributed by atoms with Crippen LogP contribution in [0.3, 0.4) is 0 Å². The van der Waals surface area contributed by atoms with Gasteiger partial charge in [0.25, 0.3) is 0 Å². The van der Waals surface area contributed by atoms with E-state index in [1.807, 2.05) is 18.2 Å². The number of hydrogen-bond acceptors (Lipinski definition) is 3. The van der Waals surface area contributed by atoms with Crippen LogP contribution in [-0.4, -0.2) is 10.8 Å². The van der Waals surface area contributed by atoms with Crippen LogP contribution in [0.15, 0.2) is 30.3 Å². The third-order valence-corrected chi connectivity index (χ3v) is 5.19. The number of nitrogens with one attached hydrogen (secondary N) is 1. The quantitative estimate of drug-likeness (QED) is 0.859. The van der Waals surface area contributed by atoms with Crippen molar-refractivity contribution in [3.05, 3.63) is 52.7 Å². The number of ketones is 1. The SMILES string of the molecule is CC1(C)CC(=O)c2c(nc(Nc3ccccc3)c3c2CCCC3)C1. The summed E-state index contributed by atoms with van der Waals surface area (Å²) in [5, 5.41) is 3.50. The van der Waals surface area contributed by atoms with Crippen LogP contribution in [0, 0.1) is 5.41 Å². The van der Waals surface area contributed by atoms with Crippen LogP contribution in [0.1, 0.15) is 60.3 Å². The standard InChI is InChI=1S/C21H24N2O/c1-21(2)12-17-19(18(24)13-21)15-10-6-7-11-16(15)20(23-17)22-14-8-4-3-5-9-14/h3-5,8-9H,6-7,10-13H2,1-2H3,(H,22,23). The van der Waals surface area contributed by atoms with Gasteiger partial charge in [-0.1, -0.05) is 32.0 Å². The van der Waals surface area contributed by atoms with Gasteiger partial charge in [-0.05, 0) is 60.8 Å². The van der Waals surface area contributed by atoms with Crippen LogP contribution in [0.5, 0.6) is 0 Å². The normalized spacial score (nSPS) is 18.7. The zero-order chi connectivity index (χ0) is 16.7. The summed E-state index contributed by atoms with van der Waals surface area (Å²) in [5.74, 6) is 1.25. The maximum absolute atomic E-state index is 12.8. The monoisotopic (exact) mass is 320 g/mol. The molecule has 0 atom stereocenters. The van der Waals surface area contributed by atoms with E-state index >= 15 is 0 Å². The largest absolute Gasteiger partial charge is 0.340 e. The molecule has 0 saturated heterocycles. The van der Waals surface area contributed by atoms with Gasteiger partial charge in [-0.2, -0.15) is 0 Å². The molecule has 0 amide bonds. The first-order valence-corrected chi connectivity index (χ1v) is 8.93. The van der Waals surface area contributed by atoms with Gasteiger partial charge in [0.15, 0.2) is 5.78 Å². The van der Waals surface area contributed by atoms with E-state index in [9.17, 15) is 4.79 Å². The Bertz CT molecular complexity index is 793. The van der Waals surface area contributed by atoms with E-state index in [1.165, 1.54) is 24.0 Å². The first-order valence-electron chi connectivity index (χ1n) is 8.93. The van der Waals surface area contributed by atoms with Gasteiger partial charge in [-0.3, -0.25) is 4.79 Å². The molecule has 2 aliphatic carbocycles. The van der Waals surface area contributed by atoms with Crippen molar-refractivity contribution in [3.8, 4) is 0 Å². The number of hydrogen-bond donors (Lipinski definition) is 1. The molecule has 3 heteroatoms. The predicted octanol–water partition coefficient (Wildman–Crippen LogP) is 4.86. The molecule has 1 aromatic carbocycles. The Labute approximate surface area is 143 Å². The number of rotatable bonds is 2. The van der Waals surface area contributed by atoms with E-state index in [4.69, 9.17) is 4.98 Å². The molecular weight excluding hydrogens is 296 g/mol. The first-order chi connectivity index (χ1) is 11.5. The smallest absolute Gasteiger partial charge is 0.165 e. The predicted molar refractivity (Wildman–Crippen MR) is 97.0 cm³/mol. The molecule has 4 rings (SSSR count). The summed E-state index contributed by atoms with van der Waals surface area (Å²) in [6.07, 6.45) is 5.89. The van der Waals surface area contributed by atoms with E-state index in [1.54, 1.807) is 0 Å². The lowest BCUT2D eigenvalue weighted by molar-refractivity contribution is 0.0908. The molecule has 0 aliphatic heterocycles. The van der Waals surface area contributed by atoms with Gasteiger partial charge in [0.05, 0.1) is 5.69 Å². The van der Waals surface area contributed by atoms with E-state index < -0.39 is 0 Å². The number of fused-ring (bicyclic) bond motifs is 3. The minimum atomic E-state index is 0.00397. The fraction of sp³-hybridized carbons (Fsp3) is 0.429. The number of nitrogens with zero attached hydrogens (tertiary/aromatic N) is 1. The molecule has 0 fully saturated rings. The molecule has 0 saturated carbocycles. The summed E-state index contributed by atoms with van der Waals surface area (Å²) >= 11 is 0. The third kappa shape index (κ3) is 2.72. The van der Waals surface area contributed by atoms with Crippen molar-refractivity contribution in [1.82, 2.24) is 4.98 Å². The summed E-state index contributed by atoms with van der Waals surface area (Å²) in [6.45, 7) is 4.33. The van der Waals surface area contributed by atoms with Crippen LogP contribution in [0.2, 0.25) is 0 Å². The molecule has 0 unspecified atom stereocenters. The van der Waals surface area contributed by atoms with Crippen molar-refractivity contribution in [3.63, 3.8) is 0 Å². The van der Waals surface area contributed by atoms with Gasteiger partial charge >= 0.3 is 0 Å². The highest BCUT2D eigenvalue weighted by Crippen LogP contribution is 2.40. The highest BCUT2D eigenvalue weighted by Gasteiger charge is 2.35. The Kier molecular flexibility index (Phi) is 3.67. The molecule has 24 heavy (non-hydrogen) atoms. The van der Waals surface area contributed by atoms with Gasteiger partial charge in [-0.25, -0.2) is 4.98 Å². The number of Topliss-reactive ketones (excluding diaryl/α,β-unsaturated/α-hetero) is 1. The zero-order valence-corrected chi connectivity index (χ0v) is 14.5. The van der Waals surface area contributed by atoms with E-state index in [0.717, 1.165) is 42.0 Å². The second kappa shape index (κ2) is 5.73. The number of pyridine rings is 1. The first kappa shape index (κ1) is 15.4. The third-order valence-electron chi connectivity index (χ3n) is 5.19. The van der Waals surface area contributed by atoms with Crippen molar-refractivity contribution in [2.24, 2.45) is 5.41 Å². The van der Waals surface area contributed by atoms with Gasteiger partial charge in [0, 0.05) is 17.7 Å². The van der Waals surface area contributed by atoms with E-state index in [0.29, 0.717) is 6.42 Å². The summed E-state index contributed by atoms with van der Waals surface area (Å²) in [7, 11) is 0. The van der Waals surface area contributed by atoms with Crippen molar-refractivity contribution < 1.29 is 4.79 Å². The molecule has 0 radical (unpaired) electrons. The maximum atomic E-state index is 12.8. The maximum Gasteiger partial charge on any atom is 0.165 e. The molecule has 2 aromatic rings. The summed E-state index contributed by atoms with van der Waals surface area (Å²) in [5.41, 5.74) is 5.53. The molecule has 0 spiro atoms. The second-order valence-corrected chi connectivity index (χ2v) is 7.88. The molecule has 0 bridgehead atoms. The Morgan fingerprint density at radius 2 is 1.71 bits per heavy atom. The van der Waals surface area contributed by atoms with Gasteiger partial charge in [0.1, 0.15) is 5.82 Å². The number of aromatic nitrogens is 1. The Morgan fingerprint density at radius 3 is 2.46 bits per heavy atom. The molecule has 2 aliphatic rings. The molecule has 3 nitrogen and oxygen atoms in total. The van der Waals surface area contributed by atoms with Crippen molar-refractivity contribution in [2.45, 2.75) is 52.4 Å². The number of carbonyl (C=O) groups excluding carboxylic acids is 1. The number of anilines is 2. The van der Waals surface area contributed by atoms with Crippen LogP contribution >= 0.6 is 0 Å². The lowest BCUT2D eigenvalue weighted by atomic mass is 9.72. The summed E-state index contributed by atoms with van der Waals surface area (Å²) < 4.78 is 0. The van der Waals surface area contributed by atoms with Gasteiger partial charge in [0.2, 0.25) is 0 Å². The van der Waals surface area contributed by atoms with Gasteiger partial charge in [-0.15, -0.1) is 0 Å². The Morgan fingerprint density at radius 1 is 1.00 bits per heavy atom. The fourth-order valence-corrected chi connectivity index (χ4v) is 4.13. The van der Waals surface area contributed by atoms with Crippen LogP contribution in [0.25, 0.3) is 0 Å². The molecular formula is C21H24N2O. The minimum Gasteiger partial charge on any atom is -0.340 e. The van der Waals surface area contributed by atoms with Crippen molar-refractivity contribution in [2.75, 3.05) is 5.32 Å². The van der Waals surface area contributed by atoms with Crippen LogP contribution in [-0.2, 0) is 19.3 Å². The topological polar surface area (TPSA) is 42.0 Å². The lowest BCUT2D eigenvalue weighted by Gasteiger charge is -2.33. The molecule has 1 aromatic heterocycles. The highest BCUT2D eigenvalue weighted by molar-refractivity contribution is 6.01. The lowest BCUT2D eigenvalue weighted by Crippen LogP contribution is -2.30. The number of benzene rings is 1. The van der Waals surface area contributed by atoms with Crippen molar-refractivity contribution in [1.29, 1.82) is 0 Å². The fourth-order valence-electron chi connectivity index (χ4n) is 4.13. The molecule has 124 valence electrons. The zero-order valence-electron chi connectivity index (χ0n) is 14.5. The van der Waals surface area contributed by atoms with E-state index in [-0.39, 0.29) is 11.2 Å². The average molecular weight is 320 g/mol. The number of carbonyl (C=O) groups is 1. The molecule has 1 N–H and O–H groups in total. The minimum absolute atomic E-state index is 0.00397. The average Bonchev–Trinajstić information content (AvgIpc) is 2.54. The Balaban J connectivity index is 1.84. The van der Waals surface area contributed by atoms with Gasteiger partial charge < -0.3 is 5.32 Å². The Hall–Kier alpha value is -2.16. The second-order valence-electron chi connectivity index (χ2n) is 7.88. The summed E-state index contributed by atoms with van der Waals surface area (Å²) in [4.78, 5) is 17.7. The number of para-hydroxylation sites is 1. The summed E-state index contributed by atoms with van der Waals surface area (Å²) in [6, 6.07) is 10.2. The van der Waals surface area contributed by atoms with Crippen LogP contribution < -0.4 is 5.32 Å².